The number of aryl methyl sites for hydroxylation is 2. The fraction of sp³-hybridized carbons (Fsp3) is 0.429. The number of piperidine rings is 1. The van der Waals surface area contributed by atoms with E-state index in [0.29, 0.717) is 12.0 Å². The van der Waals surface area contributed by atoms with Gasteiger partial charge in [0.05, 0.1) is 0 Å². The predicted molar refractivity (Wildman–Crippen MR) is 97.4 cm³/mol. The highest BCUT2D eigenvalue weighted by molar-refractivity contribution is 5.30. The monoisotopic (exact) mass is 308 g/mol. The summed E-state index contributed by atoms with van der Waals surface area (Å²) in [6.45, 7) is 7.56. The van der Waals surface area contributed by atoms with E-state index in [0.717, 1.165) is 32.5 Å². The van der Waals surface area contributed by atoms with Crippen LogP contribution < -0.4 is 5.73 Å². The Balaban J connectivity index is 1.67. The summed E-state index contributed by atoms with van der Waals surface area (Å²) in [4.78, 5) is 2.55. The topological polar surface area (TPSA) is 29.3 Å². The highest BCUT2D eigenvalue weighted by atomic mass is 15.1. The minimum absolute atomic E-state index is 0.294. The third-order valence-corrected chi connectivity index (χ3v) is 4.91. The van der Waals surface area contributed by atoms with Gasteiger partial charge in [-0.05, 0) is 49.3 Å². The first-order valence-electron chi connectivity index (χ1n) is 8.68. The molecule has 1 fully saturated rings. The minimum Gasteiger partial charge on any atom is -0.327 e. The molecule has 2 unspecified atom stereocenters. The SMILES string of the molecule is Cc1ccc(C)c(CN2CC(N)CC(Cc3ccccc3)C2)c1. The molecule has 2 aromatic rings. The van der Waals surface area contributed by atoms with Crippen LogP contribution in [-0.4, -0.2) is 24.0 Å². The molecule has 2 nitrogen and oxygen atoms in total. The van der Waals surface area contributed by atoms with Crippen molar-refractivity contribution in [2.75, 3.05) is 13.1 Å². The summed E-state index contributed by atoms with van der Waals surface area (Å²) in [5.41, 5.74) is 11.9. The van der Waals surface area contributed by atoms with Gasteiger partial charge in [-0.25, -0.2) is 0 Å². The van der Waals surface area contributed by atoms with Crippen LogP contribution in [0.2, 0.25) is 0 Å². The van der Waals surface area contributed by atoms with Crippen molar-refractivity contribution >= 4 is 0 Å². The summed E-state index contributed by atoms with van der Waals surface area (Å²) in [7, 11) is 0. The van der Waals surface area contributed by atoms with Crippen LogP contribution in [0.5, 0.6) is 0 Å². The van der Waals surface area contributed by atoms with E-state index >= 15 is 0 Å². The fourth-order valence-corrected chi connectivity index (χ4v) is 3.78. The van der Waals surface area contributed by atoms with Crippen LogP contribution in [0.25, 0.3) is 0 Å². The molecule has 1 heterocycles. The van der Waals surface area contributed by atoms with E-state index in [9.17, 15) is 0 Å². The zero-order valence-electron chi connectivity index (χ0n) is 14.3. The lowest BCUT2D eigenvalue weighted by Crippen LogP contribution is -2.47. The zero-order valence-corrected chi connectivity index (χ0v) is 14.3. The van der Waals surface area contributed by atoms with Crippen LogP contribution >= 0.6 is 0 Å². The summed E-state index contributed by atoms with van der Waals surface area (Å²) in [6.07, 6.45) is 2.27. The quantitative estimate of drug-likeness (QED) is 0.933. The number of likely N-dealkylation sites (tertiary alicyclic amines) is 1. The van der Waals surface area contributed by atoms with E-state index < -0.39 is 0 Å². The third kappa shape index (κ3) is 4.43. The molecule has 3 rings (SSSR count). The van der Waals surface area contributed by atoms with Crippen molar-refractivity contribution in [1.82, 2.24) is 4.90 Å². The molecule has 0 spiro atoms. The summed E-state index contributed by atoms with van der Waals surface area (Å²) < 4.78 is 0. The Labute approximate surface area is 140 Å². The van der Waals surface area contributed by atoms with Crippen molar-refractivity contribution in [2.24, 2.45) is 11.7 Å². The summed E-state index contributed by atoms with van der Waals surface area (Å²) >= 11 is 0. The molecule has 0 bridgehead atoms. The molecule has 2 heteroatoms. The van der Waals surface area contributed by atoms with Crippen molar-refractivity contribution < 1.29 is 0 Å². The summed E-state index contributed by atoms with van der Waals surface area (Å²) in [5, 5.41) is 0. The first-order valence-corrected chi connectivity index (χ1v) is 8.68. The van der Waals surface area contributed by atoms with Gasteiger partial charge in [0.1, 0.15) is 0 Å². The number of rotatable bonds is 4. The molecule has 0 amide bonds. The van der Waals surface area contributed by atoms with Gasteiger partial charge in [0.25, 0.3) is 0 Å². The van der Waals surface area contributed by atoms with Crippen molar-refractivity contribution in [3.8, 4) is 0 Å². The Morgan fingerprint density at radius 2 is 1.83 bits per heavy atom. The van der Waals surface area contributed by atoms with Crippen LogP contribution in [0, 0.1) is 19.8 Å². The molecule has 2 atom stereocenters. The van der Waals surface area contributed by atoms with Gasteiger partial charge < -0.3 is 5.73 Å². The molecule has 0 saturated carbocycles. The van der Waals surface area contributed by atoms with Crippen LogP contribution in [0.1, 0.15) is 28.7 Å². The van der Waals surface area contributed by atoms with Gasteiger partial charge in [-0.15, -0.1) is 0 Å². The Morgan fingerprint density at radius 1 is 1.04 bits per heavy atom. The van der Waals surface area contributed by atoms with Crippen LogP contribution in [0.15, 0.2) is 48.5 Å². The maximum absolute atomic E-state index is 6.35. The van der Waals surface area contributed by atoms with E-state index in [4.69, 9.17) is 5.73 Å². The number of nitrogens with zero attached hydrogens (tertiary/aromatic N) is 1. The number of hydrogen-bond donors (Lipinski definition) is 1. The van der Waals surface area contributed by atoms with Crippen LogP contribution in [0.3, 0.4) is 0 Å². The molecule has 1 aliphatic rings. The summed E-state index contributed by atoms with van der Waals surface area (Å²) in [5.74, 6) is 0.659. The molecule has 0 aliphatic carbocycles. The van der Waals surface area contributed by atoms with Crippen molar-refractivity contribution in [1.29, 1.82) is 0 Å². The van der Waals surface area contributed by atoms with Crippen molar-refractivity contribution in [2.45, 2.75) is 39.3 Å². The number of nitrogens with two attached hydrogens (primary N) is 1. The lowest BCUT2D eigenvalue weighted by Gasteiger charge is -2.36. The van der Waals surface area contributed by atoms with Crippen LogP contribution in [-0.2, 0) is 13.0 Å². The molecule has 0 radical (unpaired) electrons. The minimum atomic E-state index is 0.294. The maximum atomic E-state index is 6.35. The average molecular weight is 308 g/mol. The highest BCUT2D eigenvalue weighted by Crippen LogP contribution is 2.23. The van der Waals surface area contributed by atoms with Gasteiger partial charge in [-0.3, -0.25) is 4.90 Å². The van der Waals surface area contributed by atoms with Crippen LogP contribution in [0.4, 0.5) is 0 Å². The second-order valence-corrected chi connectivity index (χ2v) is 7.18. The molecule has 2 aromatic carbocycles. The molecular formula is C21H28N2. The second-order valence-electron chi connectivity index (χ2n) is 7.18. The van der Waals surface area contributed by atoms with Gasteiger partial charge in [0.15, 0.2) is 0 Å². The molecule has 2 N–H and O–H groups in total. The molecule has 1 aliphatic heterocycles. The molecular weight excluding hydrogens is 280 g/mol. The average Bonchev–Trinajstić information content (AvgIpc) is 2.51. The Hall–Kier alpha value is -1.64. The standard InChI is InChI=1S/C21H28N2/c1-16-8-9-17(2)20(10-16)14-23-13-19(12-21(22)15-23)11-18-6-4-3-5-7-18/h3-10,19,21H,11-15,22H2,1-2H3. The molecule has 0 aromatic heterocycles. The van der Waals surface area contributed by atoms with E-state index in [1.165, 1.54) is 22.3 Å². The van der Waals surface area contributed by atoms with E-state index in [1.54, 1.807) is 0 Å². The largest absolute Gasteiger partial charge is 0.327 e. The number of hydrogen-bond acceptors (Lipinski definition) is 2. The van der Waals surface area contributed by atoms with Crippen molar-refractivity contribution in [3.63, 3.8) is 0 Å². The van der Waals surface area contributed by atoms with E-state index in [-0.39, 0.29) is 0 Å². The lowest BCUT2D eigenvalue weighted by molar-refractivity contribution is 0.149. The summed E-state index contributed by atoms with van der Waals surface area (Å²) in [6, 6.07) is 17.9. The maximum Gasteiger partial charge on any atom is 0.0237 e. The molecule has 122 valence electrons. The van der Waals surface area contributed by atoms with Crippen molar-refractivity contribution in [3.05, 3.63) is 70.8 Å². The fourth-order valence-electron chi connectivity index (χ4n) is 3.78. The second kappa shape index (κ2) is 7.29. The van der Waals surface area contributed by atoms with E-state index in [1.807, 2.05) is 0 Å². The normalized spacial score (nSPS) is 22.2. The Morgan fingerprint density at radius 3 is 2.61 bits per heavy atom. The van der Waals surface area contributed by atoms with E-state index in [2.05, 4.69) is 67.3 Å². The predicted octanol–water partition coefficient (Wildman–Crippen LogP) is 3.70. The van der Waals surface area contributed by atoms with Gasteiger partial charge in [-0.1, -0.05) is 54.1 Å². The highest BCUT2D eigenvalue weighted by Gasteiger charge is 2.25. The van der Waals surface area contributed by atoms with Gasteiger partial charge >= 0.3 is 0 Å². The van der Waals surface area contributed by atoms with Gasteiger partial charge in [-0.2, -0.15) is 0 Å². The smallest absolute Gasteiger partial charge is 0.0237 e. The first-order chi connectivity index (χ1) is 11.1. The zero-order chi connectivity index (χ0) is 16.2. The Kier molecular flexibility index (Phi) is 5.14. The Bertz CT molecular complexity index is 636. The van der Waals surface area contributed by atoms with Gasteiger partial charge in [0, 0.05) is 25.7 Å². The first kappa shape index (κ1) is 16.2. The van der Waals surface area contributed by atoms with Gasteiger partial charge in [0.2, 0.25) is 0 Å². The number of benzene rings is 2. The molecule has 1 saturated heterocycles. The lowest BCUT2D eigenvalue weighted by atomic mass is 9.88. The molecule has 23 heavy (non-hydrogen) atoms. The third-order valence-electron chi connectivity index (χ3n) is 4.91.